The van der Waals surface area contributed by atoms with E-state index in [1.165, 1.54) is 12.8 Å². The number of carbonyl (C=O) groups excluding carboxylic acids is 1. The van der Waals surface area contributed by atoms with Crippen LogP contribution in [0.1, 0.15) is 35.8 Å². The third kappa shape index (κ3) is 0.991. The predicted molar refractivity (Wildman–Crippen MR) is 57.9 cm³/mol. The van der Waals surface area contributed by atoms with Crippen LogP contribution in [0.2, 0.25) is 0 Å². The maximum Gasteiger partial charge on any atom is 0.184 e. The van der Waals surface area contributed by atoms with E-state index in [1.807, 2.05) is 18.3 Å². The predicted octanol–water partition coefficient (Wildman–Crippen LogP) is 2.79. The molecule has 1 saturated carbocycles. The number of aromatic nitrogens is 1. The number of rotatable bonds is 0. The summed E-state index contributed by atoms with van der Waals surface area (Å²) in [7, 11) is 0. The van der Waals surface area contributed by atoms with Crippen molar-refractivity contribution >= 4 is 21.7 Å². The molecule has 0 radical (unpaired) electrons. The molecule has 1 aromatic rings. The SMILES string of the molecule is O=C1c2cccn2[C@@H]2[C@H](Br)CCC[C@H]12. The Morgan fingerprint density at radius 2 is 2.29 bits per heavy atom. The standard InChI is InChI=1S/C11H12BrNO/c12-8-4-1-3-7-10(8)13-6-2-5-9(13)11(7)14/h2,5-8,10H,1,3-4H2/t7-,8+,10-/m0/s1. The molecule has 0 amide bonds. The smallest absolute Gasteiger partial charge is 0.184 e. The monoisotopic (exact) mass is 253 g/mol. The molecule has 2 aliphatic rings. The highest BCUT2D eigenvalue weighted by atomic mass is 79.9. The lowest BCUT2D eigenvalue weighted by Gasteiger charge is -2.30. The molecule has 2 heterocycles. The molecule has 1 aliphatic carbocycles. The van der Waals surface area contributed by atoms with Crippen LogP contribution in [0.25, 0.3) is 0 Å². The van der Waals surface area contributed by atoms with Gasteiger partial charge in [0.25, 0.3) is 0 Å². The van der Waals surface area contributed by atoms with E-state index in [-0.39, 0.29) is 5.92 Å². The molecule has 0 aromatic carbocycles. The van der Waals surface area contributed by atoms with Crippen molar-refractivity contribution in [2.75, 3.05) is 0 Å². The highest BCUT2D eigenvalue weighted by molar-refractivity contribution is 9.09. The van der Waals surface area contributed by atoms with Crippen molar-refractivity contribution in [2.24, 2.45) is 5.92 Å². The van der Waals surface area contributed by atoms with Gasteiger partial charge in [-0.1, -0.05) is 22.4 Å². The molecule has 1 aliphatic heterocycles. The van der Waals surface area contributed by atoms with Crippen molar-refractivity contribution < 1.29 is 4.79 Å². The fourth-order valence-corrected chi connectivity index (χ4v) is 3.78. The average Bonchev–Trinajstić information content (AvgIpc) is 2.72. The normalized spacial score (nSPS) is 35.5. The van der Waals surface area contributed by atoms with Crippen molar-refractivity contribution in [3.05, 3.63) is 24.0 Å². The number of halogens is 1. The van der Waals surface area contributed by atoms with Crippen molar-refractivity contribution in [3.63, 3.8) is 0 Å². The first-order valence-electron chi connectivity index (χ1n) is 5.14. The summed E-state index contributed by atoms with van der Waals surface area (Å²) in [4.78, 5) is 12.5. The van der Waals surface area contributed by atoms with Gasteiger partial charge in [-0.25, -0.2) is 0 Å². The van der Waals surface area contributed by atoms with Crippen LogP contribution in [0, 0.1) is 5.92 Å². The third-order valence-corrected chi connectivity index (χ3v) is 4.47. The molecule has 0 N–H and O–H groups in total. The zero-order chi connectivity index (χ0) is 9.71. The molecule has 2 nitrogen and oxygen atoms in total. The minimum absolute atomic E-state index is 0.240. The number of hydrogen-bond donors (Lipinski definition) is 0. The summed E-state index contributed by atoms with van der Waals surface area (Å²) >= 11 is 3.70. The Morgan fingerprint density at radius 3 is 3.14 bits per heavy atom. The first-order chi connectivity index (χ1) is 6.79. The Labute approximate surface area is 91.4 Å². The summed E-state index contributed by atoms with van der Waals surface area (Å²) in [5.74, 6) is 0.591. The number of fused-ring (bicyclic) bond motifs is 3. The third-order valence-electron chi connectivity index (χ3n) is 3.47. The Bertz CT molecular complexity index is 384. The van der Waals surface area contributed by atoms with E-state index in [4.69, 9.17) is 0 Å². The van der Waals surface area contributed by atoms with Gasteiger partial charge in [-0.15, -0.1) is 0 Å². The highest BCUT2D eigenvalue weighted by Gasteiger charge is 2.44. The fraction of sp³-hybridized carbons (Fsp3) is 0.545. The number of hydrogen-bond acceptors (Lipinski definition) is 1. The lowest BCUT2D eigenvalue weighted by Crippen LogP contribution is -2.28. The topological polar surface area (TPSA) is 22.0 Å². The molecule has 0 saturated heterocycles. The molecular formula is C11H12BrNO. The minimum Gasteiger partial charge on any atom is -0.340 e. The van der Waals surface area contributed by atoms with Crippen LogP contribution in [-0.4, -0.2) is 15.2 Å². The first-order valence-corrected chi connectivity index (χ1v) is 6.06. The second kappa shape index (κ2) is 2.96. The van der Waals surface area contributed by atoms with E-state index in [1.54, 1.807) is 0 Å². The van der Waals surface area contributed by atoms with E-state index in [2.05, 4.69) is 20.5 Å². The summed E-state index contributed by atoms with van der Waals surface area (Å²) < 4.78 is 2.16. The zero-order valence-electron chi connectivity index (χ0n) is 7.82. The van der Waals surface area contributed by atoms with E-state index < -0.39 is 0 Å². The molecular weight excluding hydrogens is 242 g/mol. The molecule has 3 heteroatoms. The maximum absolute atomic E-state index is 12.0. The summed E-state index contributed by atoms with van der Waals surface area (Å²) in [5, 5.41) is 0. The van der Waals surface area contributed by atoms with Gasteiger partial charge in [0, 0.05) is 16.9 Å². The average molecular weight is 254 g/mol. The number of alkyl halides is 1. The van der Waals surface area contributed by atoms with Crippen LogP contribution in [0.5, 0.6) is 0 Å². The second-order valence-corrected chi connectivity index (χ2v) is 5.39. The number of ketones is 1. The maximum atomic E-state index is 12.0. The zero-order valence-corrected chi connectivity index (χ0v) is 9.40. The Morgan fingerprint density at radius 1 is 1.43 bits per heavy atom. The van der Waals surface area contributed by atoms with Gasteiger partial charge in [0.1, 0.15) is 0 Å². The van der Waals surface area contributed by atoms with E-state index in [0.717, 1.165) is 12.1 Å². The molecule has 74 valence electrons. The van der Waals surface area contributed by atoms with Crippen LogP contribution in [0.4, 0.5) is 0 Å². The van der Waals surface area contributed by atoms with Crippen LogP contribution < -0.4 is 0 Å². The molecule has 0 spiro atoms. The van der Waals surface area contributed by atoms with Crippen molar-refractivity contribution in [2.45, 2.75) is 30.1 Å². The first kappa shape index (κ1) is 8.72. The van der Waals surface area contributed by atoms with Crippen molar-refractivity contribution in [3.8, 4) is 0 Å². The Kier molecular flexibility index (Phi) is 1.84. The van der Waals surface area contributed by atoms with Gasteiger partial charge in [0.05, 0.1) is 11.7 Å². The van der Waals surface area contributed by atoms with Crippen molar-refractivity contribution in [1.82, 2.24) is 4.57 Å². The Balaban J connectivity index is 2.09. The van der Waals surface area contributed by atoms with Crippen LogP contribution in [0.3, 0.4) is 0 Å². The van der Waals surface area contributed by atoms with E-state index in [0.29, 0.717) is 16.7 Å². The molecule has 14 heavy (non-hydrogen) atoms. The van der Waals surface area contributed by atoms with Gasteiger partial charge < -0.3 is 4.57 Å². The highest BCUT2D eigenvalue weighted by Crippen LogP contribution is 2.44. The van der Waals surface area contributed by atoms with Gasteiger partial charge >= 0.3 is 0 Å². The lowest BCUT2D eigenvalue weighted by atomic mass is 9.84. The number of carbonyl (C=O) groups is 1. The molecule has 1 aromatic heterocycles. The van der Waals surface area contributed by atoms with Crippen LogP contribution in [0.15, 0.2) is 18.3 Å². The van der Waals surface area contributed by atoms with Gasteiger partial charge in [0.15, 0.2) is 5.78 Å². The van der Waals surface area contributed by atoms with Crippen LogP contribution >= 0.6 is 15.9 Å². The number of Topliss-reactive ketones (excluding diaryl/α,β-unsaturated/α-hetero) is 1. The lowest BCUT2D eigenvalue weighted by molar-refractivity contribution is 0.0895. The number of nitrogens with zero attached hydrogens (tertiary/aromatic N) is 1. The van der Waals surface area contributed by atoms with Crippen LogP contribution in [-0.2, 0) is 0 Å². The second-order valence-electron chi connectivity index (χ2n) is 4.21. The van der Waals surface area contributed by atoms with Crippen molar-refractivity contribution in [1.29, 1.82) is 0 Å². The van der Waals surface area contributed by atoms with Gasteiger partial charge in [0.2, 0.25) is 0 Å². The van der Waals surface area contributed by atoms with Gasteiger partial charge in [-0.2, -0.15) is 0 Å². The summed E-state index contributed by atoms with van der Waals surface area (Å²) in [6.07, 6.45) is 5.46. The molecule has 0 bridgehead atoms. The molecule has 3 rings (SSSR count). The van der Waals surface area contributed by atoms with E-state index in [9.17, 15) is 4.79 Å². The summed E-state index contributed by atoms with van der Waals surface area (Å²) in [6.45, 7) is 0. The molecule has 0 unspecified atom stereocenters. The van der Waals surface area contributed by atoms with Gasteiger partial charge in [-0.05, 0) is 25.0 Å². The van der Waals surface area contributed by atoms with E-state index >= 15 is 0 Å². The minimum atomic E-state index is 0.240. The summed E-state index contributed by atoms with van der Waals surface area (Å²) in [6, 6.07) is 4.29. The summed E-state index contributed by atoms with van der Waals surface area (Å²) in [5.41, 5.74) is 0.909. The molecule has 1 fully saturated rings. The Hall–Kier alpha value is -0.570. The quantitative estimate of drug-likeness (QED) is 0.652. The fourth-order valence-electron chi connectivity index (χ4n) is 2.83. The van der Waals surface area contributed by atoms with Gasteiger partial charge in [-0.3, -0.25) is 4.79 Å². The molecule has 3 atom stereocenters. The largest absolute Gasteiger partial charge is 0.340 e.